The number of likely N-dealkylation sites (N-methyl/N-ethyl adjacent to an activating group) is 1. The van der Waals surface area contributed by atoms with E-state index in [0.717, 1.165) is 31.2 Å². The average Bonchev–Trinajstić information content (AvgIpc) is 2.65. The number of hydrogen-bond donors (Lipinski definition) is 1. The molecule has 0 aromatic carbocycles. The molecular formula is C12H22N2O2. The lowest BCUT2D eigenvalue weighted by atomic mass is 10.4. The zero-order valence-corrected chi connectivity index (χ0v) is 10.4. The van der Waals surface area contributed by atoms with Crippen LogP contribution in [0.3, 0.4) is 0 Å². The van der Waals surface area contributed by atoms with Gasteiger partial charge < -0.3 is 14.9 Å². The summed E-state index contributed by atoms with van der Waals surface area (Å²) in [6.45, 7) is 6.98. The Morgan fingerprint density at radius 2 is 2.06 bits per heavy atom. The van der Waals surface area contributed by atoms with Crippen LogP contribution in [0.15, 0.2) is 16.5 Å². The summed E-state index contributed by atoms with van der Waals surface area (Å²) < 4.78 is 11.0. The van der Waals surface area contributed by atoms with Crippen molar-refractivity contribution in [3.05, 3.63) is 23.7 Å². The van der Waals surface area contributed by atoms with Crippen LogP contribution in [0.2, 0.25) is 0 Å². The first-order valence-corrected chi connectivity index (χ1v) is 5.69. The van der Waals surface area contributed by atoms with Crippen molar-refractivity contribution in [1.82, 2.24) is 4.90 Å². The predicted molar refractivity (Wildman–Crippen MR) is 64.0 cm³/mol. The molecule has 4 nitrogen and oxygen atoms in total. The fraction of sp³-hybridized carbons (Fsp3) is 0.667. The van der Waals surface area contributed by atoms with Gasteiger partial charge in [-0.1, -0.05) is 0 Å². The molecule has 2 N–H and O–H groups in total. The van der Waals surface area contributed by atoms with E-state index in [-0.39, 0.29) is 0 Å². The second-order valence-corrected chi connectivity index (χ2v) is 4.23. The summed E-state index contributed by atoms with van der Waals surface area (Å²) in [5, 5.41) is 0. The molecule has 0 aliphatic heterocycles. The van der Waals surface area contributed by atoms with E-state index < -0.39 is 0 Å². The monoisotopic (exact) mass is 226 g/mol. The molecule has 92 valence electrons. The number of nitrogens with two attached hydrogens (primary N) is 1. The smallest absolute Gasteiger partial charge is 0.118 e. The van der Waals surface area contributed by atoms with Gasteiger partial charge in [-0.25, -0.2) is 0 Å². The highest BCUT2D eigenvalue weighted by molar-refractivity contribution is 5.06. The minimum atomic E-state index is 0.292. The van der Waals surface area contributed by atoms with Crippen LogP contribution in [0.5, 0.6) is 0 Å². The molecule has 1 aromatic rings. The van der Waals surface area contributed by atoms with Gasteiger partial charge in [0.05, 0.1) is 25.8 Å². The third-order valence-electron chi connectivity index (χ3n) is 2.27. The quantitative estimate of drug-likeness (QED) is 0.767. The van der Waals surface area contributed by atoms with Crippen molar-refractivity contribution in [3.8, 4) is 0 Å². The Hall–Kier alpha value is -0.840. The van der Waals surface area contributed by atoms with Crippen molar-refractivity contribution in [2.45, 2.75) is 33.0 Å². The molecule has 0 saturated carbocycles. The van der Waals surface area contributed by atoms with Gasteiger partial charge in [0.1, 0.15) is 11.5 Å². The van der Waals surface area contributed by atoms with Crippen LogP contribution in [0.1, 0.15) is 25.4 Å². The Labute approximate surface area is 97.4 Å². The van der Waals surface area contributed by atoms with Crippen LogP contribution in [0.25, 0.3) is 0 Å². The largest absolute Gasteiger partial charge is 0.463 e. The maximum Gasteiger partial charge on any atom is 0.118 e. The van der Waals surface area contributed by atoms with Gasteiger partial charge in [-0.2, -0.15) is 0 Å². The molecule has 0 bridgehead atoms. The van der Waals surface area contributed by atoms with Crippen molar-refractivity contribution in [1.29, 1.82) is 0 Å². The van der Waals surface area contributed by atoms with Crippen LogP contribution < -0.4 is 5.73 Å². The molecule has 0 radical (unpaired) electrons. The molecule has 0 unspecified atom stereocenters. The van der Waals surface area contributed by atoms with Crippen LogP contribution >= 0.6 is 0 Å². The van der Waals surface area contributed by atoms with Gasteiger partial charge in [0.25, 0.3) is 0 Å². The Morgan fingerprint density at radius 3 is 2.62 bits per heavy atom. The summed E-state index contributed by atoms with van der Waals surface area (Å²) in [5.74, 6) is 1.79. The zero-order valence-electron chi connectivity index (χ0n) is 10.4. The summed E-state index contributed by atoms with van der Waals surface area (Å²) in [6.07, 6.45) is 0.292. The van der Waals surface area contributed by atoms with Gasteiger partial charge in [-0.3, -0.25) is 4.90 Å². The second kappa shape index (κ2) is 6.68. The Bertz CT molecular complexity index is 297. The van der Waals surface area contributed by atoms with Gasteiger partial charge >= 0.3 is 0 Å². The minimum Gasteiger partial charge on any atom is -0.463 e. The third kappa shape index (κ3) is 4.79. The topological polar surface area (TPSA) is 51.6 Å². The normalized spacial score (nSPS) is 11.6. The Balaban J connectivity index is 2.25. The highest BCUT2D eigenvalue weighted by Crippen LogP contribution is 2.09. The van der Waals surface area contributed by atoms with Crippen molar-refractivity contribution >= 4 is 0 Å². The molecule has 1 aromatic heterocycles. The van der Waals surface area contributed by atoms with Crippen molar-refractivity contribution < 1.29 is 9.15 Å². The molecule has 4 heteroatoms. The lowest BCUT2D eigenvalue weighted by Crippen LogP contribution is -2.23. The van der Waals surface area contributed by atoms with E-state index in [1.54, 1.807) is 0 Å². The molecule has 0 amide bonds. The van der Waals surface area contributed by atoms with E-state index >= 15 is 0 Å². The first-order valence-electron chi connectivity index (χ1n) is 5.69. The molecule has 0 atom stereocenters. The van der Waals surface area contributed by atoms with E-state index in [4.69, 9.17) is 14.9 Å². The van der Waals surface area contributed by atoms with Gasteiger partial charge in [0, 0.05) is 6.54 Å². The van der Waals surface area contributed by atoms with E-state index in [0.29, 0.717) is 12.6 Å². The van der Waals surface area contributed by atoms with Crippen molar-refractivity contribution in [2.24, 2.45) is 5.73 Å². The maximum absolute atomic E-state index is 5.52. The first-order chi connectivity index (χ1) is 7.61. The lowest BCUT2D eigenvalue weighted by molar-refractivity contribution is 0.0616. The maximum atomic E-state index is 5.52. The summed E-state index contributed by atoms with van der Waals surface area (Å²) in [7, 11) is 2.05. The van der Waals surface area contributed by atoms with Gasteiger partial charge in [-0.15, -0.1) is 0 Å². The Kier molecular flexibility index (Phi) is 5.52. The summed E-state index contributed by atoms with van der Waals surface area (Å²) >= 11 is 0. The fourth-order valence-corrected chi connectivity index (χ4v) is 1.41. The standard InChI is InChI=1S/C12H22N2O2/c1-10(2)15-7-6-14(3)9-12-5-4-11(8-13)16-12/h4-5,10H,6-9,13H2,1-3H3. The van der Waals surface area contributed by atoms with Gasteiger partial charge in [-0.05, 0) is 33.0 Å². The predicted octanol–water partition coefficient (Wildman–Crippen LogP) is 1.60. The summed E-state index contributed by atoms with van der Waals surface area (Å²) in [6, 6.07) is 3.90. The Morgan fingerprint density at radius 1 is 1.38 bits per heavy atom. The van der Waals surface area contributed by atoms with Crippen molar-refractivity contribution in [3.63, 3.8) is 0 Å². The van der Waals surface area contributed by atoms with E-state index in [1.807, 2.05) is 33.0 Å². The summed E-state index contributed by atoms with van der Waals surface area (Å²) in [5.41, 5.74) is 5.48. The molecule has 0 spiro atoms. The van der Waals surface area contributed by atoms with E-state index in [9.17, 15) is 0 Å². The number of rotatable bonds is 7. The second-order valence-electron chi connectivity index (χ2n) is 4.23. The SMILES string of the molecule is CC(C)OCCN(C)Cc1ccc(CN)o1. The molecule has 0 fully saturated rings. The van der Waals surface area contributed by atoms with E-state index in [1.165, 1.54) is 0 Å². The minimum absolute atomic E-state index is 0.292. The van der Waals surface area contributed by atoms with Crippen LogP contribution in [-0.4, -0.2) is 31.2 Å². The van der Waals surface area contributed by atoms with Gasteiger partial charge in [0.2, 0.25) is 0 Å². The van der Waals surface area contributed by atoms with Gasteiger partial charge in [0.15, 0.2) is 0 Å². The molecule has 16 heavy (non-hydrogen) atoms. The highest BCUT2D eigenvalue weighted by atomic mass is 16.5. The molecule has 0 aliphatic carbocycles. The van der Waals surface area contributed by atoms with Crippen LogP contribution in [0.4, 0.5) is 0 Å². The molecule has 1 rings (SSSR count). The molecule has 1 heterocycles. The van der Waals surface area contributed by atoms with E-state index in [2.05, 4.69) is 4.90 Å². The lowest BCUT2D eigenvalue weighted by Gasteiger charge is -2.16. The molecule has 0 saturated heterocycles. The molecule has 0 aliphatic rings. The number of hydrogen-bond acceptors (Lipinski definition) is 4. The third-order valence-corrected chi connectivity index (χ3v) is 2.27. The van der Waals surface area contributed by atoms with Crippen molar-refractivity contribution in [2.75, 3.05) is 20.2 Å². The van der Waals surface area contributed by atoms with Crippen LogP contribution in [-0.2, 0) is 17.8 Å². The molecular weight excluding hydrogens is 204 g/mol. The number of furan rings is 1. The fourth-order valence-electron chi connectivity index (χ4n) is 1.41. The highest BCUT2D eigenvalue weighted by Gasteiger charge is 2.05. The average molecular weight is 226 g/mol. The first kappa shape index (κ1) is 13.2. The van der Waals surface area contributed by atoms with Crippen LogP contribution in [0, 0.1) is 0 Å². The number of nitrogens with zero attached hydrogens (tertiary/aromatic N) is 1. The zero-order chi connectivity index (χ0) is 12.0. The number of ether oxygens (including phenoxy) is 1. The summed E-state index contributed by atoms with van der Waals surface area (Å²) in [4.78, 5) is 2.17.